The van der Waals surface area contributed by atoms with Gasteiger partial charge in [-0.3, -0.25) is 9.59 Å². The topological polar surface area (TPSA) is 49.4 Å². The van der Waals surface area contributed by atoms with Crippen LogP contribution in [0.4, 0.5) is 0 Å². The molecule has 0 aliphatic carbocycles. The van der Waals surface area contributed by atoms with E-state index in [-0.39, 0.29) is 24.4 Å². The second-order valence-electron chi connectivity index (χ2n) is 7.47. The van der Waals surface area contributed by atoms with Crippen molar-refractivity contribution in [3.05, 3.63) is 63.1 Å². The molecule has 31 heavy (non-hydrogen) atoms. The third kappa shape index (κ3) is 8.23. The molecule has 1 N–H and O–H groups in total. The first kappa shape index (κ1) is 25.9. The van der Waals surface area contributed by atoms with E-state index in [2.05, 4.69) is 5.32 Å². The van der Waals surface area contributed by atoms with Crippen LogP contribution in [0, 0.1) is 0 Å². The van der Waals surface area contributed by atoms with E-state index in [4.69, 9.17) is 34.8 Å². The van der Waals surface area contributed by atoms with Crippen molar-refractivity contribution in [3.8, 4) is 0 Å². The van der Waals surface area contributed by atoms with E-state index in [0.717, 1.165) is 10.6 Å². The maximum absolute atomic E-state index is 13.1. The first-order chi connectivity index (χ1) is 14.7. The summed E-state index contributed by atoms with van der Waals surface area (Å²) in [7, 11) is 0. The molecule has 0 aromatic heterocycles. The van der Waals surface area contributed by atoms with E-state index in [1.807, 2.05) is 38.1 Å². The van der Waals surface area contributed by atoms with Crippen LogP contribution in [0.2, 0.25) is 15.1 Å². The predicted octanol–water partition coefficient (Wildman–Crippen LogP) is 6.46. The number of thioether (sulfide) groups is 1. The second kappa shape index (κ2) is 12.6. The Labute approximate surface area is 203 Å². The first-order valence-electron chi connectivity index (χ1n) is 10.1. The number of rotatable bonds is 10. The maximum atomic E-state index is 13.1. The molecule has 2 aromatic rings. The van der Waals surface area contributed by atoms with Crippen LogP contribution in [-0.2, 0) is 16.1 Å². The molecule has 0 aliphatic heterocycles. The number of benzene rings is 2. The summed E-state index contributed by atoms with van der Waals surface area (Å²) in [6.45, 7) is 5.67. The summed E-state index contributed by atoms with van der Waals surface area (Å²) in [5, 5.41) is 4.51. The van der Waals surface area contributed by atoms with E-state index in [1.54, 1.807) is 41.8 Å². The van der Waals surface area contributed by atoms with Gasteiger partial charge in [0.25, 0.3) is 0 Å². The summed E-state index contributed by atoms with van der Waals surface area (Å²) in [4.78, 5) is 28.4. The highest BCUT2D eigenvalue weighted by Gasteiger charge is 2.27. The molecule has 0 saturated carbocycles. The lowest BCUT2D eigenvalue weighted by molar-refractivity contribution is -0.140. The monoisotopic (exact) mass is 500 g/mol. The van der Waals surface area contributed by atoms with Crippen LogP contribution in [0.25, 0.3) is 0 Å². The van der Waals surface area contributed by atoms with Gasteiger partial charge in [0.05, 0.1) is 0 Å². The van der Waals surface area contributed by atoms with E-state index >= 15 is 0 Å². The molecule has 168 valence electrons. The van der Waals surface area contributed by atoms with Crippen LogP contribution in [0.3, 0.4) is 0 Å². The highest BCUT2D eigenvalue weighted by Crippen LogP contribution is 2.27. The van der Waals surface area contributed by atoms with Crippen molar-refractivity contribution in [1.29, 1.82) is 0 Å². The van der Waals surface area contributed by atoms with Crippen LogP contribution < -0.4 is 5.32 Å². The Morgan fingerprint density at radius 2 is 1.61 bits per heavy atom. The van der Waals surface area contributed by atoms with Gasteiger partial charge in [0, 0.05) is 44.5 Å². The Hall–Kier alpha value is -1.40. The van der Waals surface area contributed by atoms with Crippen LogP contribution in [0.15, 0.2) is 47.4 Å². The minimum Gasteiger partial charge on any atom is -0.352 e. The molecule has 2 aromatic carbocycles. The highest BCUT2D eigenvalue weighted by molar-refractivity contribution is 7.99. The van der Waals surface area contributed by atoms with Gasteiger partial charge in [-0.2, -0.15) is 0 Å². The molecule has 0 aliphatic rings. The van der Waals surface area contributed by atoms with Crippen molar-refractivity contribution < 1.29 is 9.59 Å². The maximum Gasteiger partial charge on any atom is 0.242 e. The number of nitrogens with zero attached hydrogens (tertiary/aromatic N) is 1. The number of amides is 2. The number of carbonyl (C=O) groups is 2. The molecule has 0 heterocycles. The van der Waals surface area contributed by atoms with Crippen molar-refractivity contribution in [2.24, 2.45) is 0 Å². The Bertz CT molecular complexity index is 871. The molecule has 0 radical (unpaired) electrons. The lowest BCUT2D eigenvalue weighted by Crippen LogP contribution is -2.49. The Morgan fingerprint density at radius 3 is 2.19 bits per heavy atom. The van der Waals surface area contributed by atoms with Gasteiger partial charge in [0.1, 0.15) is 6.04 Å². The average Bonchev–Trinajstić information content (AvgIpc) is 2.71. The quantitative estimate of drug-likeness (QED) is 0.300. The van der Waals surface area contributed by atoms with Crippen LogP contribution in [0.1, 0.15) is 39.2 Å². The summed E-state index contributed by atoms with van der Waals surface area (Å²) in [6, 6.07) is 12.1. The van der Waals surface area contributed by atoms with Gasteiger partial charge in [-0.05, 0) is 69.3 Å². The fraction of sp³-hybridized carbons (Fsp3) is 0.391. The van der Waals surface area contributed by atoms with Gasteiger partial charge >= 0.3 is 0 Å². The lowest BCUT2D eigenvalue weighted by Gasteiger charge is -2.30. The van der Waals surface area contributed by atoms with Crippen molar-refractivity contribution in [1.82, 2.24) is 10.2 Å². The zero-order chi connectivity index (χ0) is 23.0. The fourth-order valence-electron chi connectivity index (χ4n) is 2.93. The standard InChI is InChI=1S/C23H27Cl3N2O2S/c1-15(2)27-23(30)16(3)28(14-19-20(25)6-4-7-21(19)26)22(29)8-5-13-31-18-11-9-17(24)10-12-18/h4,6-7,9-12,15-16H,5,8,13-14H2,1-3H3,(H,27,30)/t16-/m0/s1. The molecule has 2 amide bonds. The lowest BCUT2D eigenvalue weighted by atomic mass is 10.1. The molecule has 8 heteroatoms. The molecule has 0 unspecified atom stereocenters. The van der Waals surface area contributed by atoms with Crippen LogP contribution in [0.5, 0.6) is 0 Å². The van der Waals surface area contributed by atoms with E-state index < -0.39 is 6.04 Å². The summed E-state index contributed by atoms with van der Waals surface area (Å²) in [5.41, 5.74) is 0.638. The van der Waals surface area contributed by atoms with Gasteiger partial charge in [0.2, 0.25) is 11.8 Å². The SMILES string of the molecule is CC(C)NC(=O)[C@H](C)N(Cc1c(Cl)cccc1Cl)C(=O)CCCSc1ccc(Cl)cc1. The van der Waals surface area contributed by atoms with E-state index in [1.165, 1.54) is 0 Å². The Balaban J connectivity index is 2.06. The molecule has 0 spiro atoms. The molecule has 0 bridgehead atoms. The van der Waals surface area contributed by atoms with Crippen molar-refractivity contribution in [2.45, 2.75) is 57.1 Å². The summed E-state index contributed by atoms with van der Waals surface area (Å²) < 4.78 is 0. The van der Waals surface area contributed by atoms with Gasteiger partial charge in [-0.15, -0.1) is 11.8 Å². The normalized spacial score (nSPS) is 12.0. The highest BCUT2D eigenvalue weighted by atomic mass is 35.5. The predicted molar refractivity (Wildman–Crippen MR) is 131 cm³/mol. The summed E-state index contributed by atoms with van der Waals surface area (Å²) >= 11 is 20.2. The van der Waals surface area contributed by atoms with Crippen molar-refractivity contribution in [2.75, 3.05) is 5.75 Å². The number of halogens is 3. The minimum absolute atomic E-state index is 0.0217. The first-order valence-corrected chi connectivity index (χ1v) is 12.2. The molecule has 1 atom stereocenters. The number of carbonyl (C=O) groups excluding carboxylic acids is 2. The number of nitrogens with one attached hydrogen (secondary N) is 1. The number of hydrogen-bond donors (Lipinski definition) is 1. The zero-order valence-electron chi connectivity index (χ0n) is 17.8. The minimum atomic E-state index is -0.647. The molecular weight excluding hydrogens is 475 g/mol. The van der Waals surface area contributed by atoms with Gasteiger partial charge in [-0.25, -0.2) is 0 Å². The Morgan fingerprint density at radius 1 is 1.00 bits per heavy atom. The number of hydrogen-bond acceptors (Lipinski definition) is 3. The second-order valence-corrected chi connectivity index (χ2v) is 9.89. The van der Waals surface area contributed by atoms with E-state index in [0.29, 0.717) is 33.5 Å². The summed E-state index contributed by atoms with van der Waals surface area (Å²) in [6.07, 6.45) is 0.999. The molecule has 0 fully saturated rings. The molecule has 0 saturated heterocycles. The molecule has 4 nitrogen and oxygen atoms in total. The average molecular weight is 502 g/mol. The third-order valence-corrected chi connectivity index (χ3v) is 6.66. The summed E-state index contributed by atoms with van der Waals surface area (Å²) in [5.74, 6) is 0.460. The zero-order valence-corrected chi connectivity index (χ0v) is 20.9. The van der Waals surface area contributed by atoms with Crippen LogP contribution in [-0.4, -0.2) is 34.6 Å². The smallest absolute Gasteiger partial charge is 0.242 e. The Kier molecular flexibility index (Phi) is 10.5. The fourth-order valence-corrected chi connectivity index (χ4v) is 4.43. The molecule has 2 rings (SSSR count). The molecular formula is C23H27Cl3N2O2S. The van der Waals surface area contributed by atoms with Gasteiger partial charge < -0.3 is 10.2 Å². The largest absolute Gasteiger partial charge is 0.352 e. The van der Waals surface area contributed by atoms with Crippen molar-refractivity contribution >= 4 is 58.4 Å². The third-order valence-electron chi connectivity index (χ3n) is 4.61. The van der Waals surface area contributed by atoms with Crippen LogP contribution >= 0.6 is 46.6 Å². The van der Waals surface area contributed by atoms with Gasteiger partial charge in [0.15, 0.2) is 0 Å². The van der Waals surface area contributed by atoms with Crippen molar-refractivity contribution in [3.63, 3.8) is 0 Å². The van der Waals surface area contributed by atoms with Gasteiger partial charge in [-0.1, -0.05) is 40.9 Å². The van der Waals surface area contributed by atoms with E-state index in [9.17, 15) is 9.59 Å².